The lowest BCUT2D eigenvalue weighted by molar-refractivity contribution is -0.120. The summed E-state index contributed by atoms with van der Waals surface area (Å²) in [6.45, 7) is 1.72. The molecule has 2 rings (SSSR count). The molecule has 3 N–H and O–H groups in total. The van der Waals surface area contributed by atoms with Gasteiger partial charge in [-0.15, -0.1) is 0 Å². The number of hydrogen-bond donors (Lipinski definition) is 3. The zero-order chi connectivity index (χ0) is 16.7. The fraction of sp³-hybridized carbons (Fsp3) is 0.176. The highest BCUT2D eigenvalue weighted by molar-refractivity contribution is 6.31. The molecule has 0 saturated heterocycles. The van der Waals surface area contributed by atoms with E-state index in [2.05, 4.69) is 16.0 Å². The molecule has 6 heteroatoms. The summed E-state index contributed by atoms with van der Waals surface area (Å²) in [6.07, 6.45) is 0. The van der Waals surface area contributed by atoms with Crippen LogP contribution in [-0.4, -0.2) is 18.5 Å². The number of anilines is 1. The van der Waals surface area contributed by atoms with E-state index in [0.29, 0.717) is 10.7 Å². The van der Waals surface area contributed by atoms with Crippen LogP contribution in [0.4, 0.5) is 10.5 Å². The van der Waals surface area contributed by atoms with Gasteiger partial charge in [0, 0.05) is 10.7 Å². The molecular formula is C17H18ClN3O2. The number of halogens is 1. The van der Waals surface area contributed by atoms with Gasteiger partial charge < -0.3 is 16.0 Å². The quantitative estimate of drug-likeness (QED) is 0.786. The monoisotopic (exact) mass is 331 g/mol. The smallest absolute Gasteiger partial charge is 0.319 e. The highest BCUT2D eigenvalue weighted by Gasteiger charge is 2.12. The van der Waals surface area contributed by atoms with Crippen LogP contribution >= 0.6 is 11.6 Å². The molecule has 0 heterocycles. The fourth-order valence-electron chi connectivity index (χ4n) is 2.05. The van der Waals surface area contributed by atoms with Crippen LogP contribution in [0.2, 0.25) is 5.02 Å². The zero-order valence-corrected chi connectivity index (χ0v) is 13.4. The van der Waals surface area contributed by atoms with Crippen LogP contribution in [0.15, 0.2) is 54.6 Å². The van der Waals surface area contributed by atoms with Crippen LogP contribution in [0, 0.1) is 0 Å². The Morgan fingerprint density at radius 1 is 1.04 bits per heavy atom. The van der Waals surface area contributed by atoms with Crippen LogP contribution in [0.3, 0.4) is 0 Å². The van der Waals surface area contributed by atoms with E-state index in [4.69, 9.17) is 11.6 Å². The summed E-state index contributed by atoms with van der Waals surface area (Å²) >= 11 is 6.09. The van der Waals surface area contributed by atoms with Gasteiger partial charge in [-0.1, -0.05) is 48.0 Å². The van der Waals surface area contributed by atoms with Crippen molar-refractivity contribution in [2.45, 2.75) is 13.0 Å². The molecule has 0 spiro atoms. The van der Waals surface area contributed by atoms with Gasteiger partial charge in [0.15, 0.2) is 0 Å². The van der Waals surface area contributed by atoms with Gasteiger partial charge in [-0.2, -0.15) is 0 Å². The van der Waals surface area contributed by atoms with Crippen molar-refractivity contribution in [3.05, 3.63) is 65.2 Å². The number of rotatable bonds is 5. The van der Waals surface area contributed by atoms with Crippen molar-refractivity contribution in [3.63, 3.8) is 0 Å². The Morgan fingerprint density at radius 2 is 1.70 bits per heavy atom. The number of carbonyl (C=O) groups is 2. The molecule has 1 unspecified atom stereocenters. The average Bonchev–Trinajstić information content (AvgIpc) is 2.54. The highest BCUT2D eigenvalue weighted by Crippen LogP contribution is 2.21. The van der Waals surface area contributed by atoms with Gasteiger partial charge in [-0.05, 0) is 30.7 Å². The maximum absolute atomic E-state index is 11.9. The maximum Gasteiger partial charge on any atom is 0.319 e. The molecule has 0 fully saturated rings. The van der Waals surface area contributed by atoms with Crippen LogP contribution in [0.5, 0.6) is 0 Å². The third-order valence-electron chi connectivity index (χ3n) is 3.19. The number of benzene rings is 2. The topological polar surface area (TPSA) is 70.2 Å². The number of hydrogen-bond acceptors (Lipinski definition) is 2. The molecule has 0 radical (unpaired) electrons. The van der Waals surface area contributed by atoms with Crippen LogP contribution < -0.4 is 16.0 Å². The molecule has 0 aliphatic carbocycles. The Balaban J connectivity index is 1.79. The summed E-state index contributed by atoms with van der Waals surface area (Å²) < 4.78 is 0. The molecule has 120 valence electrons. The molecular weight excluding hydrogens is 314 g/mol. The van der Waals surface area contributed by atoms with Gasteiger partial charge in [-0.25, -0.2) is 4.79 Å². The highest BCUT2D eigenvalue weighted by atomic mass is 35.5. The van der Waals surface area contributed by atoms with E-state index in [-0.39, 0.29) is 18.5 Å². The van der Waals surface area contributed by atoms with Crippen molar-refractivity contribution in [3.8, 4) is 0 Å². The summed E-state index contributed by atoms with van der Waals surface area (Å²) in [4.78, 5) is 23.6. The first-order valence-corrected chi connectivity index (χ1v) is 7.58. The predicted octanol–water partition coefficient (Wildman–Crippen LogP) is 3.34. The average molecular weight is 332 g/mol. The summed E-state index contributed by atoms with van der Waals surface area (Å²) in [6, 6.07) is 15.6. The molecule has 2 aromatic rings. The lowest BCUT2D eigenvalue weighted by Gasteiger charge is -2.16. The second kappa shape index (κ2) is 8.19. The van der Waals surface area contributed by atoms with E-state index < -0.39 is 6.03 Å². The second-order valence-corrected chi connectivity index (χ2v) is 5.39. The van der Waals surface area contributed by atoms with Gasteiger partial charge in [0.1, 0.15) is 0 Å². The summed E-state index contributed by atoms with van der Waals surface area (Å²) in [7, 11) is 0. The van der Waals surface area contributed by atoms with Gasteiger partial charge in [0.05, 0.1) is 12.6 Å². The van der Waals surface area contributed by atoms with Crippen LogP contribution in [0.1, 0.15) is 18.5 Å². The van der Waals surface area contributed by atoms with Crippen molar-refractivity contribution in [2.24, 2.45) is 0 Å². The molecule has 5 nitrogen and oxygen atoms in total. The first-order valence-electron chi connectivity index (χ1n) is 7.20. The van der Waals surface area contributed by atoms with E-state index in [9.17, 15) is 9.59 Å². The Hall–Kier alpha value is -2.53. The van der Waals surface area contributed by atoms with Crippen molar-refractivity contribution < 1.29 is 9.59 Å². The van der Waals surface area contributed by atoms with Crippen molar-refractivity contribution in [1.82, 2.24) is 10.6 Å². The molecule has 0 aromatic heterocycles. The van der Waals surface area contributed by atoms with Gasteiger partial charge in [0.25, 0.3) is 0 Å². The minimum absolute atomic E-state index is 0.118. The van der Waals surface area contributed by atoms with Crippen molar-refractivity contribution in [2.75, 3.05) is 11.9 Å². The van der Waals surface area contributed by atoms with Gasteiger partial charge in [0.2, 0.25) is 5.91 Å². The van der Waals surface area contributed by atoms with Gasteiger partial charge >= 0.3 is 6.03 Å². The minimum Gasteiger partial charge on any atom is -0.348 e. The third kappa shape index (κ3) is 5.30. The number of amides is 3. The summed E-state index contributed by atoms with van der Waals surface area (Å²) in [5.74, 6) is -0.291. The second-order valence-electron chi connectivity index (χ2n) is 4.98. The number of carbonyl (C=O) groups excluding carboxylic acids is 2. The molecule has 23 heavy (non-hydrogen) atoms. The molecule has 3 amide bonds. The first kappa shape index (κ1) is 16.8. The van der Waals surface area contributed by atoms with Crippen molar-refractivity contribution >= 4 is 29.2 Å². The standard InChI is InChI=1S/C17H18ClN3O2/c1-12(14-9-5-6-10-15(14)18)20-16(22)11-19-17(23)21-13-7-3-2-4-8-13/h2-10,12H,11H2,1H3,(H,20,22)(H2,19,21,23). The molecule has 0 aliphatic heterocycles. The predicted molar refractivity (Wildman–Crippen MR) is 91.5 cm³/mol. The normalized spacial score (nSPS) is 11.4. The molecule has 0 saturated carbocycles. The first-order chi connectivity index (χ1) is 11.1. The number of urea groups is 1. The Kier molecular flexibility index (Phi) is 6.00. The molecule has 0 bridgehead atoms. The van der Waals surface area contributed by atoms with E-state index in [0.717, 1.165) is 5.56 Å². The van der Waals surface area contributed by atoms with Crippen LogP contribution in [0.25, 0.3) is 0 Å². The lowest BCUT2D eigenvalue weighted by Crippen LogP contribution is -2.39. The third-order valence-corrected chi connectivity index (χ3v) is 3.53. The summed E-state index contributed by atoms with van der Waals surface area (Å²) in [5.41, 5.74) is 1.49. The minimum atomic E-state index is -0.434. The number of para-hydroxylation sites is 1. The molecule has 1 atom stereocenters. The Bertz CT molecular complexity index is 677. The Labute approximate surface area is 140 Å². The van der Waals surface area contributed by atoms with Crippen LogP contribution in [-0.2, 0) is 4.79 Å². The van der Waals surface area contributed by atoms with E-state index in [1.165, 1.54) is 0 Å². The van der Waals surface area contributed by atoms with E-state index in [1.807, 2.05) is 43.3 Å². The maximum atomic E-state index is 11.9. The zero-order valence-electron chi connectivity index (χ0n) is 12.7. The van der Waals surface area contributed by atoms with Gasteiger partial charge in [-0.3, -0.25) is 4.79 Å². The van der Waals surface area contributed by atoms with E-state index in [1.54, 1.807) is 18.2 Å². The fourth-order valence-corrected chi connectivity index (χ4v) is 2.35. The largest absolute Gasteiger partial charge is 0.348 e. The SMILES string of the molecule is CC(NC(=O)CNC(=O)Nc1ccccc1)c1ccccc1Cl. The summed E-state index contributed by atoms with van der Waals surface area (Å²) in [5, 5.41) is 8.53. The number of nitrogens with one attached hydrogen (secondary N) is 3. The Morgan fingerprint density at radius 3 is 2.39 bits per heavy atom. The van der Waals surface area contributed by atoms with Crippen molar-refractivity contribution in [1.29, 1.82) is 0 Å². The lowest BCUT2D eigenvalue weighted by atomic mass is 10.1. The molecule has 0 aliphatic rings. The van der Waals surface area contributed by atoms with E-state index >= 15 is 0 Å². The molecule has 2 aromatic carbocycles.